The number of amides is 1. The molecular formula is C35H42Cl2N4O3. The second kappa shape index (κ2) is 14.6. The second-order valence-corrected chi connectivity index (χ2v) is 13.0. The van der Waals surface area contributed by atoms with Crippen molar-refractivity contribution in [3.63, 3.8) is 0 Å². The zero-order chi connectivity index (χ0) is 30.4. The average Bonchev–Trinajstić information content (AvgIpc) is 3.98. The summed E-state index contributed by atoms with van der Waals surface area (Å²) < 4.78 is 12.8. The molecule has 2 aliphatic carbocycles. The molecular weight excluding hydrogens is 595 g/mol. The maximum absolute atomic E-state index is 12.3. The van der Waals surface area contributed by atoms with Crippen LogP contribution in [0.1, 0.15) is 61.6 Å². The number of aryl methyl sites for hydroxylation is 1. The number of carbonyl (C=O) groups is 1. The lowest BCUT2D eigenvalue weighted by molar-refractivity contribution is -0.121. The van der Waals surface area contributed by atoms with E-state index in [0.717, 1.165) is 111 Å². The van der Waals surface area contributed by atoms with Crippen molar-refractivity contribution in [1.29, 1.82) is 0 Å². The number of nitrogens with one attached hydrogen (secondary N) is 2. The zero-order valence-corrected chi connectivity index (χ0v) is 26.8. The van der Waals surface area contributed by atoms with Gasteiger partial charge in [0.2, 0.25) is 5.91 Å². The highest BCUT2D eigenvalue weighted by atomic mass is 35.5. The number of carbonyl (C=O) groups excluding carboxylic acids is 1. The number of hydrogen-bond acceptors (Lipinski definition) is 6. The van der Waals surface area contributed by atoms with Gasteiger partial charge in [-0.25, -0.2) is 0 Å². The lowest BCUT2D eigenvalue weighted by Gasteiger charge is -2.27. The molecule has 234 valence electrons. The van der Waals surface area contributed by atoms with Gasteiger partial charge >= 0.3 is 0 Å². The van der Waals surface area contributed by atoms with Crippen LogP contribution in [0.5, 0.6) is 5.75 Å². The Balaban J connectivity index is 1.01. The van der Waals surface area contributed by atoms with E-state index in [1.165, 1.54) is 0 Å². The molecule has 2 N–H and O–H groups in total. The van der Waals surface area contributed by atoms with E-state index in [4.69, 9.17) is 32.7 Å². The summed E-state index contributed by atoms with van der Waals surface area (Å²) in [4.78, 5) is 19.1. The lowest BCUT2D eigenvalue weighted by atomic mass is 9.96. The summed E-state index contributed by atoms with van der Waals surface area (Å²) >= 11 is 13.5. The van der Waals surface area contributed by atoms with E-state index in [0.29, 0.717) is 35.7 Å². The topological polar surface area (TPSA) is 75.7 Å². The number of rotatable bonds is 15. The standard InChI is InChI=1S/C35H42Cl2N4O3/c36-31-22-26(32(37)21-25(31)5-1-4-8-34(42)40-17-20-41-18-15-38-16-19-41)24-43-35(12-13-35)30-23-39-14-11-28(30)29-6-2-3-7-33(29)44-27-9-10-27/h2-3,6-7,11,14,21-23,27,38H,1,4-5,8-10,12-13,15-20,24H2,(H,40,42). The summed E-state index contributed by atoms with van der Waals surface area (Å²) in [5.41, 5.74) is 4.72. The average molecular weight is 638 g/mol. The summed E-state index contributed by atoms with van der Waals surface area (Å²) in [6.45, 7) is 6.10. The number of piperazine rings is 1. The van der Waals surface area contributed by atoms with Crippen LogP contribution in [-0.2, 0) is 28.2 Å². The molecule has 7 nitrogen and oxygen atoms in total. The van der Waals surface area contributed by atoms with Gasteiger partial charge in [-0.15, -0.1) is 0 Å². The summed E-state index contributed by atoms with van der Waals surface area (Å²) in [5.74, 6) is 1.02. The van der Waals surface area contributed by atoms with E-state index in [-0.39, 0.29) is 5.91 Å². The number of halogens is 2. The van der Waals surface area contributed by atoms with Crippen molar-refractivity contribution >= 4 is 29.1 Å². The molecule has 44 heavy (non-hydrogen) atoms. The highest BCUT2D eigenvalue weighted by Gasteiger charge is 2.47. The fraction of sp³-hybridized carbons (Fsp3) is 0.486. The third-order valence-corrected chi connectivity index (χ3v) is 9.49. The van der Waals surface area contributed by atoms with Crippen molar-refractivity contribution < 1.29 is 14.3 Å². The first kappa shape index (κ1) is 31.3. The fourth-order valence-corrected chi connectivity index (χ4v) is 6.40. The van der Waals surface area contributed by atoms with Gasteiger partial charge in [0.25, 0.3) is 0 Å². The minimum atomic E-state index is -0.406. The molecule has 0 unspecified atom stereocenters. The second-order valence-electron chi connectivity index (χ2n) is 12.2. The van der Waals surface area contributed by atoms with Gasteiger partial charge in [0.1, 0.15) is 5.75 Å². The number of nitrogens with zero attached hydrogens (tertiary/aromatic N) is 2. The van der Waals surface area contributed by atoms with E-state index < -0.39 is 5.60 Å². The van der Waals surface area contributed by atoms with Crippen molar-refractivity contribution in [2.45, 2.75) is 69.7 Å². The highest BCUT2D eigenvalue weighted by molar-refractivity contribution is 6.34. The van der Waals surface area contributed by atoms with Gasteiger partial charge in [-0.1, -0.05) is 41.4 Å². The molecule has 3 aliphatic rings. The van der Waals surface area contributed by atoms with Crippen LogP contribution in [0.3, 0.4) is 0 Å². The van der Waals surface area contributed by atoms with Crippen LogP contribution >= 0.6 is 23.2 Å². The van der Waals surface area contributed by atoms with Gasteiger partial charge in [-0.3, -0.25) is 14.7 Å². The Morgan fingerprint density at radius 2 is 1.80 bits per heavy atom. The van der Waals surface area contributed by atoms with Crippen LogP contribution in [0.4, 0.5) is 0 Å². The molecule has 0 spiro atoms. The molecule has 3 aromatic rings. The number of pyridine rings is 1. The molecule has 2 saturated carbocycles. The van der Waals surface area contributed by atoms with E-state index in [2.05, 4.69) is 32.7 Å². The third-order valence-electron chi connectivity index (χ3n) is 8.79. The normalized spacial score (nSPS) is 17.8. The minimum Gasteiger partial charge on any atom is -0.490 e. The first-order chi connectivity index (χ1) is 21.5. The molecule has 1 saturated heterocycles. The number of aromatic nitrogens is 1. The smallest absolute Gasteiger partial charge is 0.220 e. The third kappa shape index (κ3) is 8.12. The fourth-order valence-electron chi connectivity index (χ4n) is 5.88. The van der Waals surface area contributed by atoms with Crippen LogP contribution in [0, 0.1) is 0 Å². The Kier molecular flexibility index (Phi) is 10.4. The van der Waals surface area contributed by atoms with Crippen LogP contribution in [0.25, 0.3) is 11.1 Å². The van der Waals surface area contributed by atoms with Crippen molar-refractivity contribution in [2.75, 3.05) is 39.3 Å². The first-order valence-electron chi connectivity index (χ1n) is 16.0. The van der Waals surface area contributed by atoms with Crippen molar-refractivity contribution in [2.24, 2.45) is 0 Å². The highest BCUT2D eigenvalue weighted by Crippen LogP contribution is 2.53. The van der Waals surface area contributed by atoms with Crippen molar-refractivity contribution in [3.05, 3.63) is 81.6 Å². The molecule has 1 aromatic heterocycles. The van der Waals surface area contributed by atoms with E-state index >= 15 is 0 Å². The van der Waals surface area contributed by atoms with Gasteiger partial charge in [-0.2, -0.15) is 0 Å². The largest absolute Gasteiger partial charge is 0.490 e. The van der Waals surface area contributed by atoms with E-state index in [1.54, 1.807) is 0 Å². The maximum Gasteiger partial charge on any atom is 0.220 e. The Hall–Kier alpha value is -2.68. The molecule has 0 radical (unpaired) electrons. The first-order valence-corrected chi connectivity index (χ1v) is 16.8. The maximum atomic E-state index is 12.3. The number of para-hydroxylation sites is 1. The van der Waals surface area contributed by atoms with E-state index in [9.17, 15) is 4.79 Å². The van der Waals surface area contributed by atoms with Gasteiger partial charge in [0.05, 0.1) is 18.3 Å². The molecule has 3 fully saturated rings. The molecule has 1 amide bonds. The number of hydrogen-bond donors (Lipinski definition) is 2. The summed E-state index contributed by atoms with van der Waals surface area (Å²) in [5, 5.41) is 7.74. The molecule has 2 heterocycles. The predicted molar refractivity (Wildman–Crippen MR) is 175 cm³/mol. The number of unbranched alkanes of at least 4 members (excludes halogenated alkanes) is 1. The quantitative estimate of drug-likeness (QED) is 0.185. The van der Waals surface area contributed by atoms with Crippen LogP contribution in [0.2, 0.25) is 10.0 Å². The van der Waals surface area contributed by atoms with Gasteiger partial charge in [0, 0.05) is 79.3 Å². The molecule has 6 rings (SSSR count). The summed E-state index contributed by atoms with van der Waals surface area (Å²) in [7, 11) is 0. The molecule has 0 bridgehead atoms. The van der Waals surface area contributed by atoms with Crippen LogP contribution in [0.15, 0.2) is 54.9 Å². The Bertz CT molecular complexity index is 1440. The molecule has 2 aromatic carbocycles. The van der Waals surface area contributed by atoms with Crippen molar-refractivity contribution in [1.82, 2.24) is 20.5 Å². The monoisotopic (exact) mass is 636 g/mol. The SMILES string of the molecule is O=C(CCCCc1cc(Cl)c(COC2(c3cnccc3-c3ccccc3OC3CC3)CC2)cc1Cl)NCCN1CCNCC1. The number of ether oxygens (including phenoxy) is 2. The zero-order valence-electron chi connectivity index (χ0n) is 25.3. The Labute approximate surface area is 270 Å². The predicted octanol–water partition coefficient (Wildman–Crippen LogP) is 6.54. The molecule has 9 heteroatoms. The van der Waals surface area contributed by atoms with Crippen LogP contribution < -0.4 is 15.4 Å². The summed E-state index contributed by atoms with van der Waals surface area (Å²) in [6.07, 6.45) is 11.1. The van der Waals surface area contributed by atoms with Gasteiger partial charge in [-0.05, 0) is 85.9 Å². The number of benzene rings is 2. The Morgan fingerprint density at radius 3 is 2.59 bits per heavy atom. The Morgan fingerprint density at radius 1 is 1.02 bits per heavy atom. The van der Waals surface area contributed by atoms with Crippen LogP contribution in [-0.4, -0.2) is 61.2 Å². The lowest BCUT2D eigenvalue weighted by Crippen LogP contribution is -2.46. The molecule has 1 aliphatic heterocycles. The minimum absolute atomic E-state index is 0.112. The van der Waals surface area contributed by atoms with E-state index in [1.807, 2.05) is 42.7 Å². The summed E-state index contributed by atoms with van der Waals surface area (Å²) in [6, 6.07) is 14.2. The van der Waals surface area contributed by atoms with Crippen molar-refractivity contribution in [3.8, 4) is 16.9 Å². The van der Waals surface area contributed by atoms with Gasteiger partial charge < -0.3 is 20.1 Å². The molecule has 0 atom stereocenters. The van der Waals surface area contributed by atoms with Gasteiger partial charge in [0.15, 0.2) is 0 Å².